The summed E-state index contributed by atoms with van der Waals surface area (Å²) in [6.07, 6.45) is 8.54. The maximum Gasteiger partial charge on any atom is 0.123 e. The van der Waals surface area contributed by atoms with Crippen molar-refractivity contribution in [2.45, 2.75) is 32.4 Å². The van der Waals surface area contributed by atoms with E-state index in [9.17, 15) is 0 Å². The van der Waals surface area contributed by atoms with Gasteiger partial charge in [0.1, 0.15) is 5.75 Å². The zero-order valence-corrected chi connectivity index (χ0v) is 15.0. The molecule has 1 fully saturated rings. The Morgan fingerprint density at radius 3 is 3.12 bits per heavy atom. The summed E-state index contributed by atoms with van der Waals surface area (Å²) in [5.74, 6) is 1.02. The quantitative estimate of drug-likeness (QED) is 0.707. The first-order chi connectivity index (χ1) is 12.2. The number of nitrogens with zero attached hydrogens (tertiary/aromatic N) is 4. The van der Waals surface area contributed by atoms with E-state index in [1.807, 2.05) is 35.3 Å². The molecule has 1 aromatic carbocycles. The van der Waals surface area contributed by atoms with Crippen LogP contribution in [0.5, 0.6) is 5.75 Å². The fraction of sp³-hybridized carbons (Fsp3) is 0.474. The van der Waals surface area contributed by atoms with Crippen LogP contribution in [0, 0.1) is 17.2 Å². The molecule has 6 heteroatoms. The van der Waals surface area contributed by atoms with Crippen LogP contribution in [0.3, 0.4) is 0 Å². The van der Waals surface area contributed by atoms with Crippen molar-refractivity contribution in [3.8, 4) is 11.8 Å². The monoisotopic (exact) mass is 358 g/mol. The number of rotatable bonds is 7. The van der Waals surface area contributed by atoms with Crippen molar-refractivity contribution in [3.63, 3.8) is 0 Å². The third-order valence-electron chi connectivity index (χ3n) is 4.48. The number of ether oxygens (including phenoxy) is 1. The number of hydrogen-bond donors (Lipinski definition) is 0. The molecule has 0 N–H and O–H groups in total. The zero-order chi connectivity index (χ0) is 17.5. The number of likely N-dealkylation sites (tertiary alicyclic amines) is 1. The van der Waals surface area contributed by atoms with Crippen molar-refractivity contribution in [2.75, 3.05) is 19.7 Å². The number of nitriles is 1. The molecule has 3 rings (SSSR count). The molecule has 0 bridgehead atoms. The number of aryl methyl sites for hydroxylation is 1. The van der Waals surface area contributed by atoms with Gasteiger partial charge in [-0.15, -0.1) is 0 Å². The number of halogens is 1. The number of piperidine rings is 1. The third-order valence-corrected chi connectivity index (χ3v) is 4.72. The van der Waals surface area contributed by atoms with E-state index < -0.39 is 0 Å². The Balaban J connectivity index is 1.57. The molecular weight excluding hydrogens is 336 g/mol. The van der Waals surface area contributed by atoms with Crippen LogP contribution in [0.25, 0.3) is 0 Å². The lowest BCUT2D eigenvalue weighted by atomic mass is 9.99. The number of imidazole rings is 1. The molecule has 1 aliphatic rings. The first-order valence-corrected chi connectivity index (χ1v) is 9.11. The molecule has 2 heterocycles. The SMILES string of the molecule is N#C[C@H]1CCCN(Cc2cc(Cl)ccc2OCCCn2ccnc2)C1. The van der Waals surface area contributed by atoms with E-state index >= 15 is 0 Å². The Morgan fingerprint density at radius 2 is 2.32 bits per heavy atom. The Labute approximate surface area is 153 Å². The van der Waals surface area contributed by atoms with Crippen molar-refractivity contribution < 1.29 is 4.74 Å². The molecule has 0 radical (unpaired) electrons. The minimum absolute atomic E-state index is 0.132. The number of hydrogen-bond acceptors (Lipinski definition) is 4. The Bertz CT molecular complexity index is 711. The van der Waals surface area contributed by atoms with Gasteiger partial charge >= 0.3 is 0 Å². The lowest BCUT2D eigenvalue weighted by Gasteiger charge is -2.30. The molecule has 1 saturated heterocycles. The molecule has 25 heavy (non-hydrogen) atoms. The summed E-state index contributed by atoms with van der Waals surface area (Å²) >= 11 is 6.18. The van der Waals surface area contributed by atoms with Gasteiger partial charge in [-0.1, -0.05) is 11.6 Å². The molecule has 0 amide bonds. The lowest BCUT2D eigenvalue weighted by molar-refractivity contribution is 0.188. The van der Waals surface area contributed by atoms with Gasteiger partial charge < -0.3 is 9.30 Å². The van der Waals surface area contributed by atoms with Crippen molar-refractivity contribution in [1.82, 2.24) is 14.5 Å². The maximum atomic E-state index is 9.17. The largest absolute Gasteiger partial charge is 0.493 e. The summed E-state index contributed by atoms with van der Waals surface area (Å²) in [6.45, 7) is 4.15. The van der Waals surface area contributed by atoms with Gasteiger partial charge in [-0.2, -0.15) is 5.26 Å². The van der Waals surface area contributed by atoms with Crippen molar-refractivity contribution in [1.29, 1.82) is 5.26 Å². The van der Waals surface area contributed by atoms with Gasteiger partial charge in [0.15, 0.2) is 0 Å². The fourth-order valence-corrected chi connectivity index (χ4v) is 3.40. The van der Waals surface area contributed by atoms with Gasteiger partial charge in [-0.05, 0) is 44.0 Å². The average molecular weight is 359 g/mol. The molecule has 1 atom stereocenters. The number of aromatic nitrogens is 2. The van der Waals surface area contributed by atoms with E-state index in [2.05, 4.69) is 16.0 Å². The van der Waals surface area contributed by atoms with E-state index in [1.165, 1.54) is 0 Å². The fourth-order valence-electron chi connectivity index (χ4n) is 3.21. The second-order valence-corrected chi connectivity index (χ2v) is 6.89. The predicted molar refractivity (Wildman–Crippen MR) is 97.4 cm³/mol. The molecule has 132 valence electrons. The average Bonchev–Trinajstić information content (AvgIpc) is 3.14. The maximum absolute atomic E-state index is 9.17. The van der Waals surface area contributed by atoms with Gasteiger partial charge in [-0.3, -0.25) is 4.90 Å². The van der Waals surface area contributed by atoms with Crippen LogP contribution in [0.4, 0.5) is 0 Å². The highest BCUT2D eigenvalue weighted by Gasteiger charge is 2.20. The van der Waals surface area contributed by atoms with Crippen LogP contribution in [0.15, 0.2) is 36.9 Å². The highest BCUT2D eigenvalue weighted by Crippen LogP contribution is 2.26. The van der Waals surface area contributed by atoms with Crippen LogP contribution in [0.2, 0.25) is 5.02 Å². The minimum atomic E-state index is 0.132. The van der Waals surface area contributed by atoms with Gasteiger partial charge in [-0.25, -0.2) is 4.98 Å². The summed E-state index contributed by atoms with van der Waals surface area (Å²) in [7, 11) is 0. The molecule has 2 aromatic rings. The normalized spacial score (nSPS) is 18.0. The van der Waals surface area contributed by atoms with Crippen molar-refractivity contribution in [2.24, 2.45) is 5.92 Å². The van der Waals surface area contributed by atoms with Crippen LogP contribution in [0.1, 0.15) is 24.8 Å². The molecule has 0 spiro atoms. The Hall–Kier alpha value is -2.03. The third kappa shape index (κ3) is 5.22. The Kier molecular flexibility index (Phi) is 6.32. The summed E-state index contributed by atoms with van der Waals surface area (Å²) in [4.78, 5) is 6.36. The molecule has 1 aliphatic heterocycles. The van der Waals surface area contributed by atoms with E-state index in [1.54, 1.807) is 6.20 Å². The standard InChI is InChI=1S/C19H23ClN4O/c20-18-4-5-19(25-10-2-8-23-9-6-22-15-23)17(11-18)14-24-7-1-3-16(12-21)13-24/h4-6,9,11,15-16H,1-3,7-8,10,13-14H2/t16-/m1/s1. The van der Waals surface area contributed by atoms with Gasteiger partial charge in [0, 0.05) is 42.6 Å². The zero-order valence-electron chi connectivity index (χ0n) is 14.3. The van der Waals surface area contributed by atoms with E-state index in [-0.39, 0.29) is 5.92 Å². The highest BCUT2D eigenvalue weighted by atomic mass is 35.5. The van der Waals surface area contributed by atoms with Crippen molar-refractivity contribution >= 4 is 11.6 Å². The van der Waals surface area contributed by atoms with E-state index in [0.29, 0.717) is 6.61 Å². The summed E-state index contributed by atoms with van der Waals surface area (Å²) in [5.41, 5.74) is 1.09. The van der Waals surface area contributed by atoms with Crippen LogP contribution >= 0.6 is 11.6 Å². The van der Waals surface area contributed by atoms with Crippen LogP contribution in [-0.4, -0.2) is 34.1 Å². The lowest BCUT2D eigenvalue weighted by Crippen LogP contribution is -2.34. The van der Waals surface area contributed by atoms with Crippen LogP contribution in [-0.2, 0) is 13.1 Å². The van der Waals surface area contributed by atoms with Gasteiger partial charge in [0.2, 0.25) is 0 Å². The summed E-state index contributed by atoms with van der Waals surface area (Å²) < 4.78 is 8.04. The highest BCUT2D eigenvalue weighted by molar-refractivity contribution is 6.30. The topological polar surface area (TPSA) is 54.1 Å². The minimum Gasteiger partial charge on any atom is -0.493 e. The van der Waals surface area contributed by atoms with Crippen molar-refractivity contribution in [3.05, 3.63) is 47.5 Å². The summed E-state index contributed by atoms with van der Waals surface area (Å²) in [6, 6.07) is 8.18. The molecule has 0 aliphatic carbocycles. The number of benzene rings is 1. The molecule has 5 nitrogen and oxygen atoms in total. The van der Waals surface area contributed by atoms with Crippen LogP contribution < -0.4 is 4.74 Å². The van der Waals surface area contributed by atoms with E-state index in [4.69, 9.17) is 21.6 Å². The van der Waals surface area contributed by atoms with Gasteiger partial charge in [0.05, 0.1) is 24.9 Å². The second-order valence-electron chi connectivity index (χ2n) is 6.46. The van der Waals surface area contributed by atoms with Gasteiger partial charge in [0.25, 0.3) is 0 Å². The smallest absolute Gasteiger partial charge is 0.123 e. The second kappa shape index (κ2) is 8.89. The molecule has 0 saturated carbocycles. The first-order valence-electron chi connectivity index (χ1n) is 8.73. The molecule has 1 aromatic heterocycles. The summed E-state index contributed by atoms with van der Waals surface area (Å²) in [5, 5.41) is 9.88. The predicted octanol–water partition coefficient (Wildman–Crippen LogP) is 3.74. The van der Waals surface area contributed by atoms with E-state index in [0.717, 1.165) is 61.8 Å². The molecule has 0 unspecified atom stereocenters. The first kappa shape index (κ1) is 17.8. The molecular formula is C19H23ClN4O. The Morgan fingerprint density at radius 1 is 1.40 bits per heavy atom.